The van der Waals surface area contributed by atoms with E-state index in [1.165, 1.54) is 0 Å². The smallest absolute Gasteiger partial charge is 0.270 e. The van der Waals surface area contributed by atoms with E-state index < -0.39 is 0 Å². The number of fused-ring (bicyclic) bond motifs is 1. The molecule has 3 unspecified atom stereocenters. The molecular weight excluding hydrogens is 275 g/mol. The van der Waals surface area contributed by atoms with Gasteiger partial charge in [0.2, 0.25) is 0 Å². The highest BCUT2D eigenvalue weighted by molar-refractivity contribution is 6.41. The minimum Gasteiger partial charge on any atom is -0.393 e. The highest BCUT2D eigenvalue weighted by Gasteiger charge is 2.43. The first-order valence-corrected chi connectivity index (χ1v) is 6.83. The van der Waals surface area contributed by atoms with Gasteiger partial charge in [-0.2, -0.15) is 0 Å². The lowest BCUT2D eigenvalue weighted by molar-refractivity contribution is 0.0747. The number of aliphatic hydroxyl groups is 1. The van der Waals surface area contributed by atoms with Crippen LogP contribution in [0.25, 0.3) is 0 Å². The molecule has 2 N–H and O–H groups in total. The van der Waals surface area contributed by atoms with E-state index in [1.54, 1.807) is 11.0 Å². The van der Waals surface area contributed by atoms with Crippen LogP contribution >= 0.6 is 23.2 Å². The Morgan fingerprint density at radius 2 is 2.17 bits per heavy atom. The van der Waals surface area contributed by atoms with Gasteiger partial charge in [0.1, 0.15) is 10.8 Å². The largest absolute Gasteiger partial charge is 0.393 e. The number of halogens is 2. The zero-order chi connectivity index (χ0) is 12.9. The second-order valence-electron chi connectivity index (χ2n) is 5.12. The number of nitrogens with zero attached hydrogens (tertiary/aromatic N) is 1. The molecule has 2 fully saturated rings. The number of amides is 1. The Morgan fingerprint density at radius 3 is 2.78 bits per heavy atom. The number of hydrogen-bond acceptors (Lipinski definition) is 2. The Balaban J connectivity index is 1.75. The monoisotopic (exact) mass is 288 g/mol. The zero-order valence-electron chi connectivity index (χ0n) is 9.70. The van der Waals surface area contributed by atoms with Gasteiger partial charge in [-0.1, -0.05) is 23.2 Å². The summed E-state index contributed by atoms with van der Waals surface area (Å²) in [5.41, 5.74) is 0.416. The summed E-state index contributed by atoms with van der Waals surface area (Å²) in [7, 11) is 0. The Morgan fingerprint density at radius 1 is 1.39 bits per heavy atom. The molecule has 1 aliphatic carbocycles. The van der Waals surface area contributed by atoms with E-state index in [0.717, 1.165) is 19.4 Å². The van der Waals surface area contributed by atoms with Crippen molar-refractivity contribution in [1.29, 1.82) is 0 Å². The van der Waals surface area contributed by atoms with E-state index in [9.17, 15) is 9.90 Å². The van der Waals surface area contributed by atoms with Crippen molar-refractivity contribution in [2.75, 3.05) is 13.1 Å². The fourth-order valence-corrected chi connectivity index (χ4v) is 3.40. The molecule has 0 aromatic carbocycles. The molecule has 0 bridgehead atoms. The zero-order valence-corrected chi connectivity index (χ0v) is 11.2. The summed E-state index contributed by atoms with van der Waals surface area (Å²) in [6.45, 7) is 1.34. The number of likely N-dealkylation sites (tertiary alicyclic amines) is 1. The number of aromatic nitrogens is 1. The predicted molar refractivity (Wildman–Crippen MR) is 68.9 cm³/mol. The quantitative estimate of drug-likeness (QED) is 0.832. The van der Waals surface area contributed by atoms with Crippen LogP contribution in [0.1, 0.15) is 23.3 Å². The molecule has 1 aromatic rings. The second-order valence-corrected chi connectivity index (χ2v) is 5.91. The Labute approximate surface area is 115 Å². The van der Waals surface area contributed by atoms with Gasteiger partial charge in [-0.3, -0.25) is 4.79 Å². The van der Waals surface area contributed by atoms with Crippen LogP contribution in [-0.2, 0) is 0 Å². The van der Waals surface area contributed by atoms with Gasteiger partial charge in [0, 0.05) is 19.0 Å². The van der Waals surface area contributed by atoms with Crippen LogP contribution in [0.5, 0.6) is 0 Å². The number of rotatable bonds is 1. The number of carbonyl (C=O) groups excluding carboxylic acids is 1. The van der Waals surface area contributed by atoms with E-state index in [1.807, 2.05) is 0 Å². The summed E-state index contributed by atoms with van der Waals surface area (Å²) in [5.74, 6) is 0.574. The van der Waals surface area contributed by atoms with Gasteiger partial charge in [-0.25, -0.2) is 0 Å². The van der Waals surface area contributed by atoms with Crippen LogP contribution in [0, 0.1) is 11.8 Å². The molecular formula is C12H14Cl2N2O2. The lowest BCUT2D eigenvalue weighted by Crippen LogP contribution is -2.31. The van der Waals surface area contributed by atoms with Gasteiger partial charge in [-0.15, -0.1) is 0 Å². The second kappa shape index (κ2) is 4.44. The van der Waals surface area contributed by atoms with Crippen molar-refractivity contribution in [3.63, 3.8) is 0 Å². The fraction of sp³-hybridized carbons (Fsp3) is 0.583. The van der Waals surface area contributed by atoms with Crippen molar-refractivity contribution in [2.24, 2.45) is 11.8 Å². The van der Waals surface area contributed by atoms with Crippen molar-refractivity contribution in [2.45, 2.75) is 18.9 Å². The molecule has 3 atom stereocenters. The van der Waals surface area contributed by atoms with E-state index in [-0.39, 0.29) is 17.9 Å². The minimum atomic E-state index is -0.261. The summed E-state index contributed by atoms with van der Waals surface area (Å²) in [6, 6.07) is 1.55. The molecule has 1 aliphatic heterocycles. The lowest BCUT2D eigenvalue weighted by Gasteiger charge is -2.17. The van der Waals surface area contributed by atoms with Gasteiger partial charge in [0.25, 0.3) is 5.91 Å². The molecule has 1 saturated heterocycles. The number of H-pyrrole nitrogens is 1. The number of carbonyl (C=O) groups is 1. The van der Waals surface area contributed by atoms with E-state index in [0.29, 0.717) is 28.3 Å². The van der Waals surface area contributed by atoms with E-state index >= 15 is 0 Å². The van der Waals surface area contributed by atoms with Crippen molar-refractivity contribution < 1.29 is 9.90 Å². The van der Waals surface area contributed by atoms with E-state index in [4.69, 9.17) is 23.2 Å². The summed E-state index contributed by atoms with van der Waals surface area (Å²) in [4.78, 5) is 16.8. The third-order valence-electron chi connectivity index (χ3n) is 4.06. The first-order chi connectivity index (χ1) is 8.56. The van der Waals surface area contributed by atoms with Gasteiger partial charge >= 0.3 is 0 Å². The molecule has 2 aliphatic rings. The van der Waals surface area contributed by atoms with Crippen molar-refractivity contribution in [3.05, 3.63) is 21.9 Å². The maximum atomic E-state index is 12.2. The highest BCUT2D eigenvalue weighted by atomic mass is 35.5. The first-order valence-electron chi connectivity index (χ1n) is 6.07. The molecule has 2 heterocycles. The van der Waals surface area contributed by atoms with Gasteiger partial charge in [0.15, 0.2) is 0 Å². The number of aromatic amines is 1. The van der Waals surface area contributed by atoms with Gasteiger partial charge in [-0.05, 0) is 24.8 Å². The predicted octanol–water partition coefficient (Wildman–Crippen LogP) is 2.16. The molecule has 1 amide bonds. The third kappa shape index (κ3) is 1.92. The lowest BCUT2D eigenvalue weighted by atomic mass is 10.00. The van der Waals surface area contributed by atoms with Crippen LogP contribution < -0.4 is 0 Å². The van der Waals surface area contributed by atoms with Crippen LogP contribution in [0.4, 0.5) is 0 Å². The highest BCUT2D eigenvalue weighted by Crippen LogP contribution is 2.38. The van der Waals surface area contributed by atoms with Crippen molar-refractivity contribution >= 4 is 29.1 Å². The maximum absolute atomic E-state index is 12.2. The van der Waals surface area contributed by atoms with Crippen LogP contribution in [0.15, 0.2) is 6.07 Å². The Kier molecular flexibility index (Phi) is 3.04. The molecule has 18 heavy (non-hydrogen) atoms. The average Bonchev–Trinajstić information content (AvgIpc) is 2.98. The van der Waals surface area contributed by atoms with Crippen molar-refractivity contribution in [3.8, 4) is 0 Å². The van der Waals surface area contributed by atoms with E-state index in [2.05, 4.69) is 4.98 Å². The molecule has 1 saturated carbocycles. The molecule has 4 nitrogen and oxygen atoms in total. The van der Waals surface area contributed by atoms with Crippen LogP contribution in [0.3, 0.4) is 0 Å². The molecule has 6 heteroatoms. The molecule has 98 valence electrons. The molecule has 0 radical (unpaired) electrons. The SMILES string of the molecule is O=C(c1cc(Cl)c(Cl)[nH]1)N1CC2CCC(O)C2C1. The summed E-state index contributed by atoms with van der Waals surface area (Å²) in [5, 5.41) is 10.5. The average molecular weight is 289 g/mol. The summed E-state index contributed by atoms with van der Waals surface area (Å²) >= 11 is 11.6. The summed E-state index contributed by atoms with van der Waals surface area (Å²) < 4.78 is 0. The summed E-state index contributed by atoms with van der Waals surface area (Å²) in [6.07, 6.45) is 1.60. The number of aliphatic hydroxyl groups excluding tert-OH is 1. The standard InChI is InChI=1S/C12H14Cl2N2O2/c13-8-3-9(15-11(8)14)12(18)16-4-6-1-2-10(17)7(6)5-16/h3,6-7,10,15,17H,1-2,4-5H2. The Bertz CT molecular complexity index is 469. The number of hydrogen-bond donors (Lipinski definition) is 2. The van der Waals surface area contributed by atoms with Crippen LogP contribution in [-0.4, -0.2) is 40.1 Å². The normalized spacial score (nSPS) is 30.8. The Hall–Kier alpha value is -0.710. The maximum Gasteiger partial charge on any atom is 0.270 e. The van der Waals surface area contributed by atoms with Crippen LogP contribution in [0.2, 0.25) is 10.2 Å². The van der Waals surface area contributed by atoms with Crippen molar-refractivity contribution in [1.82, 2.24) is 9.88 Å². The van der Waals surface area contributed by atoms with Gasteiger partial charge < -0.3 is 15.0 Å². The first kappa shape index (κ1) is 12.3. The molecule has 3 rings (SSSR count). The molecule has 1 aromatic heterocycles. The molecule has 0 spiro atoms. The fourth-order valence-electron chi connectivity index (χ4n) is 3.09. The van der Waals surface area contributed by atoms with Gasteiger partial charge in [0.05, 0.1) is 11.1 Å². The topological polar surface area (TPSA) is 56.3 Å². The number of nitrogens with one attached hydrogen (secondary N) is 1. The third-order valence-corrected chi connectivity index (χ3v) is 4.75. The minimum absolute atomic E-state index is 0.0922.